The molecule has 1 saturated heterocycles. The smallest absolute Gasteiger partial charge is 0.287 e. The van der Waals surface area contributed by atoms with Crippen LogP contribution in [-0.4, -0.2) is 35.8 Å². The first-order valence-electron chi connectivity index (χ1n) is 8.49. The molecule has 0 bridgehead atoms. The Labute approximate surface area is 147 Å². The normalized spacial score (nSPS) is 17.2. The Balaban J connectivity index is 1.60. The minimum absolute atomic E-state index is 0.0672. The van der Waals surface area contributed by atoms with E-state index in [1.54, 1.807) is 6.07 Å². The fourth-order valence-electron chi connectivity index (χ4n) is 3.35. The number of carbonyl (C=O) groups is 2. The first kappa shape index (κ1) is 17.2. The van der Waals surface area contributed by atoms with Crippen molar-refractivity contribution in [1.29, 1.82) is 0 Å². The van der Waals surface area contributed by atoms with Crippen LogP contribution in [0, 0.1) is 6.92 Å². The van der Waals surface area contributed by atoms with Crippen LogP contribution in [0.25, 0.3) is 0 Å². The third-order valence-electron chi connectivity index (χ3n) is 4.68. The molecule has 6 nitrogen and oxygen atoms in total. The Morgan fingerprint density at radius 3 is 2.44 bits per heavy atom. The topological polar surface area (TPSA) is 88.6 Å². The predicted molar refractivity (Wildman–Crippen MR) is 93.9 cm³/mol. The summed E-state index contributed by atoms with van der Waals surface area (Å²) in [6.45, 7) is 3.24. The Bertz CT molecular complexity index is 733. The maximum atomic E-state index is 12.2. The monoisotopic (exact) mass is 341 g/mol. The van der Waals surface area contributed by atoms with Crippen LogP contribution >= 0.6 is 0 Å². The molecular weight excluding hydrogens is 318 g/mol. The number of nitrogens with zero attached hydrogens (tertiary/aromatic N) is 1. The number of likely N-dealkylation sites (tertiary alicyclic amines) is 1. The summed E-state index contributed by atoms with van der Waals surface area (Å²) < 4.78 is 5.23. The largest absolute Gasteiger partial charge is 0.459 e. The zero-order valence-electron chi connectivity index (χ0n) is 14.3. The molecule has 0 unspecified atom stereocenters. The van der Waals surface area contributed by atoms with Gasteiger partial charge in [-0.05, 0) is 31.4 Å². The molecule has 0 aliphatic carbocycles. The number of nitrogens with two attached hydrogens (primary N) is 1. The van der Waals surface area contributed by atoms with E-state index in [2.05, 4.69) is 10.2 Å². The van der Waals surface area contributed by atoms with E-state index in [9.17, 15) is 9.59 Å². The zero-order valence-corrected chi connectivity index (χ0v) is 14.3. The van der Waals surface area contributed by atoms with Gasteiger partial charge in [0.05, 0.1) is 6.26 Å². The molecule has 2 heterocycles. The molecule has 0 radical (unpaired) electrons. The lowest BCUT2D eigenvalue weighted by molar-refractivity contribution is -0.124. The number of piperidine rings is 1. The van der Waals surface area contributed by atoms with E-state index in [4.69, 9.17) is 10.2 Å². The van der Waals surface area contributed by atoms with Crippen molar-refractivity contribution in [2.45, 2.75) is 31.8 Å². The van der Waals surface area contributed by atoms with Gasteiger partial charge in [0.2, 0.25) is 5.91 Å². The van der Waals surface area contributed by atoms with Gasteiger partial charge in [-0.2, -0.15) is 0 Å². The second-order valence-electron chi connectivity index (χ2n) is 6.43. The molecule has 1 aliphatic heterocycles. The summed E-state index contributed by atoms with van der Waals surface area (Å²) in [4.78, 5) is 26.3. The molecule has 1 fully saturated rings. The lowest BCUT2D eigenvalue weighted by Crippen LogP contribution is -2.48. The van der Waals surface area contributed by atoms with Gasteiger partial charge in [0.15, 0.2) is 5.76 Å². The molecule has 2 amide bonds. The molecule has 25 heavy (non-hydrogen) atoms. The number of aryl methyl sites for hydroxylation is 1. The van der Waals surface area contributed by atoms with Crippen LogP contribution in [0.2, 0.25) is 0 Å². The number of carbonyl (C=O) groups excluding carboxylic acids is 2. The van der Waals surface area contributed by atoms with Crippen molar-refractivity contribution < 1.29 is 14.0 Å². The van der Waals surface area contributed by atoms with Gasteiger partial charge >= 0.3 is 0 Å². The third kappa shape index (κ3) is 3.91. The highest BCUT2D eigenvalue weighted by molar-refractivity contribution is 5.93. The Morgan fingerprint density at radius 2 is 1.88 bits per heavy atom. The highest BCUT2D eigenvalue weighted by atomic mass is 16.3. The second-order valence-corrected chi connectivity index (χ2v) is 6.43. The summed E-state index contributed by atoms with van der Waals surface area (Å²) in [5, 5.41) is 3.02. The molecule has 1 aromatic carbocycles. The van der Waals surface area contributed by atoms with E-state index in [0.29, 0.717) is 18.8 Å². The van der Waals surface area contributed by atoms with Crippen LogP contribution in [-0.2, 0) is 4.79 Å². The van der Waals surface area contributed by atoms with Gasteiger partial charge in [-0.25, -0.2) is 0 Å². The number of hydrogen-bond acceptors (Lipinski definition) is 4. The summed E-state index contributed by atoms with van der Waals surface area (Å²) in [5.74, 6) is -0.169. The summed E-state index contributed by atoms with van der Waals surface area (Å²) in [6, 6.07) is 11.0. The number of rotatable bonds is 5. The number of primary amides is 1. The van der Waals surface area contributed by atoms with Crippen molar-refractivity contribution in [3.8, 4) is 0 Å². The average molecular weight is 341 g/mol. The average Bonchev–Trinajstić information content (AvgIpc) is 3.03. The van der Waals surface area contributed by atoms with Crippen molar-refractivity contribution in [2.24, 2.45) is 5.73 Å². The van der Waals surface area contributed by atoms with E-state index in [1.807, 2.05) is 37.3 Å². The van der Waals surface area contributed by atoms with Gasteiger partial charge < -0.3 is 15.5 Å². The van der Waals surface area contributed by atoms with E-state index >= 15 is 0 Å². The Morgan fingerprint density at radius 1 is 1.20 bits per heavy atom. The standard InChI is InChI=1S/C19H23N3O3/c1-13-9-12-25-17(13)19(24)21-15-7-10-22(11-8-15)16(18(20)23)14-5-3-2-4-6-14/h2-6,9,12,15-16H,7-8,10-11H2,1H3,(H2,20,23)(H,21,24)/t16-/m0/s1. The minimum Gasteiger partial charge on any atom is -0.459 e. The number of amides is 2. The van der Waals surface area contributed by atoms with Crippen LogP contribution < -0.4 is 11.1 Å². The van der Waals surface area contributed by atoms with Crippen LogP contribution in [0.15, 0.2) is 47.1 Å². The molecule has 1 atom stereocenters. The fourth-order valence-corrected chi connectivity index (χ4v) is 3.35. The number of benzene rings is 1. The highest BCUT2D eigenvalue weighted by Gasteiger charge is 2.30. The SMILES string of the molecule is Cc1ccoc1C(=O)NC1CCN([C@H](C(N)=O)c2ccccc2)CC1. The second kappa shape index (κ2) is 7.53. The van der Waals surface area contributed by atoms with Crippen molar-refractivity contribution >= 4 is 11.8 Å². The van der Waals surface area contributed by atoms with Gasteiger partial charge in [0.25, 0.3) is 5.91 Å². The maximum Gasteiger partial charge on any atom is 0.287 e. The minimum atomic E-state index is -0.426. The zero-order chi connectivity index (χ0) is 17.8. The van der Waals surface area contributed by atoms with E-state index in [1.165, 1.54) is 6.26 Å². The number of nitrogens with one attached hydrogen (secondary N) is 1. The molecule has 2 aromatic rings. The van der Waals surface area contributed by atoms with Gasteiger partial charge in [-0.3, -0.25) is 14.5 Å². The molecule has 6 heteroatoms. The first-order chi connectivity index (χ1) is 12.1. The van der Waals surface area contributed by atoms with Gasteiger partial charge in [-0.15, -0.1) is 0 Å². The fraction of sp³-hybridized carbons (Fsp3) is 0.368. The number of hydrogen-bond donors (Lipinski definition) is 2. The first-order valence-corrected chi connectivity index (χ1v) is 8.49. The molecule has 1 aromatic heterocycles. The van der Waals surface area contributed by atoms with Crippen LogP contribution in [0.5, 0.6) is 0 Å². The Kier molecular flexibility index (Phi) is 5.19. The van der Waals surface area contributed by atoms with Crippen molar-refractivity contribution in [3.63, 3.8) is 0 Å². The summed E-state index contributed by atoms with van der Waals surface area (Å²) >= 11 is 0. The third-order valence-corrected chi connectivity index (χ3v) is 4.68. The van der Waals surface area contributed by atoms with Crippen LogP contribution in [0.1, 0.15) is 40.6 Å². The van der Waals surface area contributed by atoms with E-state index in [0.717, 1.165) is 24.0 Å². The molecule has 0 spiro atoms. The summed E-state index contributed by atoms with van der Waals surface area (Å²) in [5.41, 5.74) is 7.37. The van der Waals surface area contributed by atoms with Crippen molar-refractivity contribution in [1.82, 2.24) is 10.2 Å². The molecule has 3 rings (SSSR count). The molecular formula is C19H23N3O3. The summed E-state index contributed by atoms with van der Waals surface area (Å²) in [7, 11) is 0. The van der Waals surface area contributed by atoms with E-state index < -0.39 is 6.04 Å². The molecule has 0 saturated carbocycles. The van der Waals surface area contributed by atoms with Crippen molar-refractivity contribution in [2.75, 3.05) is 13.1 Å². The van der Waals surface area contributed by atoms with Gasteiger partial charge in [0.1, 0.15) is 6.04 Å². The molecule has 3 N–H and O–H groups in total. The van der Waals surface area contributed by atoms with Crippen molar-refractivity contribution in [3.05, 3.63) is 59.5 Å². The van der Waals surface area contributed by atoms with Crippen LogP contribution in [0.3, 0.4) is 0 Å². The van der Waals surface area contributed by atoms with Crippen LogP contribution in [0.4, 0.5) is 0 Å². The predicted octanol–water partition coefficient (Wildman–Crippen LogP) is 2.01. The quantitative estimate of drug-likeness (QED) is 0.871. The Hall–Kier alpha value is -2.60. The van der Waals surface area contributed by atoms with E-state index in [-0.39, 0.29) is 17.9 Å². The molecule has 1 aliphatic rings. The lowest BCUT2D eigenvalue weighted by atomic mass is 9.98. The lowest BCUT2D eigenvalue weighted by Gasteiger charge is -2.36. The number of furan rings is 1. The molecule has 132 valence electrons. The van der Waals surface area contributed by atoms with Gasteiger partial charge in [0, 0.05) is 24.7 Å². The highest BCUT2D eigenvalue weighted by Crippen LogP contribution is 2.24. The summed E-state index contributed by atoms with van der Waals surface area (Å²) in [6.07, 6.45) is 3.05. The van der Waals surface area contributed by atoms with Gasteiger partial charge in [-0.1, -0.05) is 30.3 Å². The maximum absolute atomic E-state index is 12.2.